The van der Waals surface area contributed by atoms with Gasteiger partial charge < -0.3 is 16.2 Å². The van der Waals surface area contributed by atoms with Gasteiger partial charge in [-0.1, -0.05) is 6.08 Å². The zero-order valence-corrected chi connectivity index (χ0v) is 7.53. The summed E-state index contributed by atoms with van der Waals surface area (Å²) in [6.07, 6.45) is 0.916. The van der Waals surface area contributed by atoms with Crippen LogP contribution in [0.15, 0.2) is 12.7 Å². The maximum atomic E-state index is 10.9. The number of rotatable bonds is 6. The minimum Gasteiger partial charge on any atom is -0.480 e. The number of aliphatic carboxylic acids is 1. The molecule has 0 aromatic heterocycles. The summed E-state index contributed by atoms with van der Waals surface area (Å²) in [6.45, 7) is 3.31. The molecule has 14 heavy (non-hydrogen) atoms. The van der Waals surface area contributed by atoms with Crippen molar-refractivity contribution in [2.24, 2.45) is 5.73 Å². The molecule has 6 heteroatoms. The van der Waals surface area contributed by atoms with Gasteiger partial charge in [-0.2, -0.15) is 0 Å². The Bertz CT molecular complexity index is 262. The SMILES string of the molecule is C=CCC(=O)N[C@H](CC(N)=O)C(=O)O. The first-order chi connectivity index (χ1) is 6.47. The monoisotopic (exact) mass is 200 g/mol. The van der Waals surface area contributed by atoms with E-state index in [1.54, 1.807) is 0 Å². The number of amides is 2. The lowest BCUT2D eigenvalue weighted by atomic mass is 10.2. The van der Waals surface area contributed by atoms with Crippen molar-refractivity contribution in [2.45, 2.75) is 18.9 Å². The van der Waals surface area contributed by atoms with Crippen LogP contribution in [0.5, 0.6) is 0 Å². The molecule has 1 atom stereocenters. The van der Waals surface area contributed by atoms with E-state index in [0.717, 1.165) is 0 Å². The van der Waals surface area contributed by atoms with Gasteiger partial charge in [-0.25, -0.2) is 4.79 Å². The molecule has 6 nitrogen and oxygen atoms in total. The molecule has 0 saturated heterocycles. The van der Waals surface area contributed by atoms with Crippen LogP contribution in [0.1, 0.15) is 12.8 Å². The lowest BCUT2D eigenvalue weighted by Gasteiger charge is -2.11. The van der Waals surface area contributed by atoms with Crippen molar-refractivity contribution < 1.29 is 19.5 Å². The van der Waals surface area contributed by atoms with Crippen LogP contribution in [-0.2, 0) is 14.4 Å². The number of hydrogen-bond donors (Lipinski definition) is 3. The molecule has 0 unspecified atom stereocenters. The first-order valence-electron chi connectivity index (χ1n) is 3.88. The van der Waals surface area contributed by atoms with E-state index in [9.17, 15) is 14.4 Å². The number of carbonyl (C=O) groups is 3. The molecule has 0 aliphatic heterocycles. The minimum atomic E-state index is -1.29. The largest absolute Gasteiger partial charge is 0.480 e. The predicted octanol–water partition coefficient (Wildman–Crippen LogP) is -0.993. The maximum Gasteiger partial charge on any atom is 0.326 e. The van der Waals surface area contributed by atoms with Crippen molar-refractivity contribution in [3.05, 3.63) is 12.7 Å². The number of primary amides is 1. The Hall–Kier alpha value is -1.85. The van der Waals surface area contributed by atoms with Gasteiger partial charge in [0.05, 0.1) is 6.42 Å². The first-order valence-corrected chi connectivity index (χ1v) is 3.88. The van der Waals surface area contributed by atoms with Gasteiger partial charge in [0.15, 0.2) is 0 Å². The second-order valence-corrected chi connectivity index (χ2v) is 2.62. The second kappa shape index (κ2) is 5.74. The van der Waals surface area contributed by atoms with Crippen LogP contribution in [0.2, 0.25) is 0 Å². The molecule has 0 heterocycles. The van der Waals surface area contributed by atoms with E-state index in [1.165, 1.54) is 6.08 Å². The topological polar surface area (TPSA) is 109 Å². The fourth-order valence-corrected chi connectivity index (χ4v) is 0.786. The fraction of sp³-hybridized carbons (Fsp3) is 0.375. The Morgan fingerprint density at radius 3 is 2.43 bits per heavy atom. The van der Waals surface area contributed by atoms with Crippen molar-refractivity contribution in [3.63, 3.8) is 0 Å². The molecule has 0 aliphatic rings. The molecular formula is C8H12N2O4. The van der Waals surface area contributed by atoms with Crippen LogP contribution < -0.4 is 11.1 Å². The lowest BCUT2D eigenvalue weighted by molar-refractivity contribution is -0.143. The number of carboxylic acid groups (broad SMARTS) is 1. The highest BCUT2D eigenvalue weighted by Crippen LogP contribution is 1.93. The molecule has 0 fully saturated rings. The third kappa shape index (κ3) is 4.91. The number of carbonyl (C=O) groups excluding carboxylic acids is 2. The summed E-state index contributed by atoms with van der Waals surface area (Å²) in [5.74, 6) is -2.58. The van der Waals surface area contributed by atoms with E-state index in [4.69, 9.17) is 10.8 Å². The molecule has 0 radical (unpaired) electrons. The summed E-state index contributed by atoms with van der Waals surface area (Å²) in [5, 5.41) is 10.7. The molecular weight excluding hydrogens is 188 g/mol. The molecule has 0 saturated carbocycles. The van der Waals surface area contributed by atoms with Gasteiger partial charge in [0, 0.05) is 6.42 Å². The fourth-order valence-electron chi connectivity index (χ4n) is 0.786. The highest BCUT2D eigenvalue weighted by molar-refractivity contribution is 5.88. The van der Waals surface area contributed by atoms with E-state index in [1.807, 2.05) is 0 Å². The molecule has 0 rings (SSSR count). The molecule has 0 aliphatic carbocycles. The molecule has 2 amide bonds. The number of nitrogens with two attached hydrogens (primary N) is 1. The second-order valence-electron chi connectivity index (χ2n) is 2.62. The van der Waals surface area contributed by atoms with Crippen molar-refractivity contribution in [1.29, 1.82) is 0 Å². The smallest absolute Gasteiger partial charge is 0.326 e. The Labute approximate surface area is 80.8 Å². The van der Waals surface area contributed by atoms with Crippen LogP contribution in [-0.4, -0.2) is 28.9 Å². The van der Waals surface area contributed by atoms with Gasteiger partial charge >= 0.3 is 5.97 Å². The Morgan fingerprint density at radius 1 is 1.50 bits per heavy atom. The van der Waals surface area contributed by atoms with Crippen LogP contribution in [0.4, 0.5) is 0 Å². The average Bonchev–Trinajstić information content (AvgIpc) is 2.02. The summed E-state index contributed by atoms with van der Waals surface area (Å²) in [7, 11) is 0. The number of carboxylic acids is 1. The summed E-state index contributed by atoms with van der Waals surface area (Å²) in [4.78, 5) is 31.9. The Kier molecular flexibility index (Phi) is 4.98. The van der Waals surface area contributed by atoms with Crippen molar-refractivity contribution in [3.8, 4) is 0 Å². The minimum absolute atomic E-state index is 0.00252. The number of nitrogens with one attached hydrogen (secondary N) is 1. The van der Waals surface area contributed by atoms with Gasteiger partial charge in [-0.3, -0.25) is 9.59 Å². The molecule has 78 valence electrons. The van der Waals surface area contributed by atoms with E-state index >= 15 is 0 Å². The zero-order valence-electron chi connectivity index (χ0n) is 7.53. The van der Waals surface area contributed by atoms with Crippen LogP contribution in [0.3, 0.4) is 0 Å². The molecule has 4 N–H and O–H groups in total. The number of hydrogen-bond acceptors (Lipinski definition) is 3. The molecule has 0 spiro atoms. The highest BCUT2D eigenvalue weighted by Gasteiger charge is 2.21. The van der Waals surface area contributed by atoms with E-state index in [0.29, 0.717) is 0 Å². The average molecular weight is 200 g/mol. The molecule has 0 aromatic carbocycles. The Morgan fingerprint density at radius 2 is 2.07 bits per heavy atom. The van der Waals surface area contributed by atoms with Gasteiger partial charge in [0.25, 0.3) is 0 Å². The predicted molar refractivity (Wildman–Crippen MR) is 48.2 cm³/mol. The summed E-state index contributed by atoms with van der Waals surface area (Å²) < 4.78 is 0. The van der Waals surface area contributed by atoms with E-state index in [2.05, 4.69) is 11.9 Å². The Balaban J connectivity index is 4.22. The van der Waals surface area contributed by atoms with Gasteiger partial charge in [-0.05, 0) is 0 Å². The normalized spacial score (nSPS) is 11.4. The van der Waals surface area contributed by atoms with Crippen LogP contribution in [0.25, 0.3) is 0 Å². The summed E-state index contributed by atoms with van der Waals surface area (Å²) in [6, 6.07) is -1.26. The molecule has 0 aromatic rings. The van der Waals surface area contributed by atoms with Crippen LogP contribution in [0, 0.1) is 0 Å². The highest BCUT2D eigenvalue weighted by atomic mass is 16.4. The van der Waals surface area contributed by atoms with Crippen LogP contribution >= 0.6 is 0 Å². The van der Waals surface area contributed by atoms with E-state index < -0.39 is 30.2 Å². The van der Waals surface area contributed by atoms with E-state index in [-0.39, 0.29) is 6.42 Å². The molecule has 0 bridgehead atoms. The van der Waals surface area contributed by atoms with Gasteiger partial charge in [-0.15, -0.1) is 6.58 Å². The third-order valence-corrected chi connectivity index (χ3v) is 1.37. The van der Waals surface area contributed by atoms with Crippen molar-refractivity contribution >= 4 is 17.8 Å². The summed E-state index contributed by atoms with van der Waals surface area (Å²) in [5.41, 5.74) is 4.81. The van der Waals surface area contributed by atoms with Crippen molar-refractivity contribution in [2.75, 3.05) is 0 Å². The first kappa shape index (κ1) is 12.2. The zero-order chi connectivity index (χ0) is 11.1. The standard InChI is InChI=1S/C8H12N2O4/c1-2-3-7(12)10-5(8(13)14)4-6(9)11/h2,5H,1,3-4H2,(H2,9,11)(H,10,12)(H,13,14)/t5-/m1/s1. The summed E-state index contributed by atoms with van der Waals surface area (Å²) >= 11 is 0. The van der Waals surface area contributed by atoms with Gasteiger partial charge in [0.2, 0.25) is 11.8 Å². The lowest BCUT2D eigenvalue weighted by Crippen LogP contribution is -2.43. The third-order valence-electron chi connectivity index (χ3n) is 1.37. The maximum absolute atomic E-state index is 10.9. The quantitative estimate of drug-likeness (QED) is 0.478. The van der Waals surface area contributed by atoms with Crippen molar-refractivity contribution in [1.82, 2.24) is 5.32 Å². The van der Waals surface area contributed by atoms with Gasteiger partial charge in [0.1, 0.15) is 6.04 Å².